The molecule has 2 amide bonds. The molecule has 7 heteroatoms. The highest BCUT2D eigenvalue weighted by Gasteiger charge is 2.07. The summed E-state index contributed by atoms with van der Waals surface area (Å²) in [5.41, 5.74) is 1.98. The summed E-state index contributed by atoms with van der Waals surface area (Å²) in [4.78, 5) is 24.0. The molecule has 2 N–H and O–H groups in total. The number of amides is 2. The molecule has 7 nitrogen and oxygen atoms in total. The molecule has 0 spiro atoms. The summed E-state index contributed by atoms with van der Waals surface area (Å²) in [5.74, 6) is 0. The molecule has 24 heavy (non-hydrogen) atoms. The van der Waals surface area contributed by atoms with E-state index in [0.717, 1.165) is 12.0 Å². The monoisotopic (exact) mass is 325 g/mol. The third-order valence-electron chi connectivity index (χ3n) is 3.54. The molecule has 2 heterocycles. The Morgan fingerprint density at radius 3 is 2.88 bits per heavy atom. The van der Waals surface area contributed by atoms with E-state index in [9.17, 15) is 9.59 Å². The predicted octanol–water partition coefficient (Wildman–Crippen LogP) is 2.08. The van der Waals surface area contributed by atoms with Crippen LogP contribution in [0.4, 0.5) is 10.5 Å². The molecule has 0 atom stereocenters. The van der Waals surface area contributed by atoms with Gasteiger partial charge in [-0.3, -0.25) is 4.40 Å². The van der Waals surface area contributed by atoms with Gasteiger partial charge in [-0.25, -0.2) is 14.3 Å². The summed E-state index contributed by atoms with van der Waals surface area (Å²) in [6, 6.07) is 12.6. The fraction of sp³-hybridized carbons (Fsp3) is 0.235. The number of nitrogens with zero attached hydrogens (tertiary/aromatic N) is 3. The van der Waals surface area contributed by atoms with Crippen molar-refractivity contribution < 1.29 is 4.79 Å². The van der Waals surface area contributed by atoms with E-state index in [1.807, 2.05) is 37.3 Å². The third-order valence-corrected chi connectivity index (χ3v) is 3.54. The van der Waals surface area contributed by atoms with Gasteiger partial charge < -0.3 is 10.6 Å². The van der Waals surface area contributed by atoms with Crippen LogP contribution in [0.25, 0.3) is 5.65 Å². The van der Waals surface area contributed by atoms with Gasteiger partial charge in [-0.15, -0.1) is 5.10 Å². The SMILES string of the molecule is CCCNC(=O)Nc1cccc(Cn2nc3ccccn3c2=O)c1. The van der Waals surface area contributed by atoms with Crippen molar-refractivity contribution in [2.75, 3.05) is 11.9 Å². The summed E-state index contributed by atoms with van der Waals surface area (Å²) in [5, 5.41) is 9.84. The predicted molar refractivity (Wildman–Crippen MR) is 92.3 cm³/mol. The second kappa shape index (κ2) is 6.99. The van der Waals surface area contributed by atoms with Crippen LogP contribution in [0.15, 0.2) is 53.5 Å². The molecule has 0 fully saturated rings. The number of carbonyl (C=O) groups excluding carboxylic acids is 1. The first-order valence-corrected chi connectivity index (χ1v) is 7.85. The normalized spacial score (nSPS) is 10.7. The average molecular weight is 325 g/mol. The Bertz CT molecular complexity index is 912. The molecule has 0 bridgehead atoms. The van der Waals surface area contributed by atoms with Gasteiger partial charge in [0.1, 0.15) is 0 Å². The number of hydrogen-bond acceptors (Lipinski definition) is 3. The van der Waals surface area contributed by atoms with Crippen LogP contribution >= 0.6 is 0 Å². The second-order valence-corrected chi connectivity index (χ2v) is 5.45. The van der Waals surface area contributed by atoms with E-state index in [1.165, 1.54) is 9.08 Å². The summed E-state index contributed by atoms with van der Waals surface area (Å²) < 4.78 is 2.91. The zero-order chi connectivity index (χ0) is 16.9. The minimum atomic E-state index is -0.237. The van der Waals surface area contributed by atoms with Crippen LogP contribution in [0.3, 0.4) is 0 Å². The van der Waals surface area contributed by atoms with Crippen molar-refractivity contribution in [3.05, 3.63) is 64.7 Å². The van der Waals surface area contributed by atoms with Gasteiger partial charge in [0.25, 0.3) is 0 Å². The number of carbonyl (C=O) groups is 1. The highest BCUT2D eigenvalue weighted by atomic mass is 16.2. The Balaban J connectivity index is 1.77. The Labute approximate surface area is 138 Å². The largest absolute Gasteiger partial charge is 0.350 e. The number of aromatic nitrogens is 3. The molecule has 0 unspecified atom stereocenters. The minimum Gasteiger partial charge on any atom is -0.338 e. The van der Waals surface area contributed by atoms with Crippen molar-refractivity contribution in [3.63, 3.8) is 0 Å². The first-order chi connectivity index (χ1) is 11.7. The summed E-state index contributed by atoms with van der Waals surface area (Å²) in [6.07, 6.45) is 2.57. The Hall–Kier alpha value is -3.09. The van der Waals surface area contributed by atoms with Gasteiger partial charge in [0, 0.05) is 18.4 Å². The summed E-state index contributed by atoms with van der Waals surface area (Å²) in [7, 11) is 0. The highest BCUT2D eigenvalue weighted by Crippen LogP contribution is 2.11. The van der Waals surface area contributed by atoms with Crippen LogP contribution in [-0.2, 0) is 6.54 Å². The molecular formula is C17H19N5O2. The number of urea groups is 1. The van der Waals surface area contributed by atoms with Gasteiger partial charge in [0.05, 0.1) is 6.54 Å². The molecule has 0 saturated heterocycles. The highest BCUT2D eigenvalue weighted by molar-refractivity contribution is 5.89. The molecule has 3 rings (SSSR count). The van der Waals surface area contributed by atoms with Crippen molar-refractivity contribution >= 4 is 17.4 Å². The van der Waals surface area contributed by atoms with Gasteiger partial charge >= 0.3 is 11.7 Å². The molecule has 2 aromatic heterocycles. The Morgan fingerprint density at radius 2 is 2.08 bits per heavy atom. The van der Waals surface area contributed by atoms with Gasteiger partial charge in [-0.1, -0.05) is 25.1 Å². The van der Waals surface area contributed by atoms with Crippen molar-refractivity contribution in [3.8, 4) is 0 Å². The molecule has 0 aliphatic rings. The van der Waals surface area contributed by atoms with Crippen molar-refractivity contribution in [1.82, 2.24) is 19.5 Å². The number of pyridine rings is 1. The summed E-state index contributed by atoms with van der Waals surface area (Å²) in [6.45, 7) is 2.96. The van der Waals surface area contributed by atoms with Gasteiger partial charge in [0.15, 0.2) is 5.65 Å². The van der Waals surface area contributed by atoms with Gasteiger partial charge in [-0.05, 0) is 36.2 Å². The maximum atomic E-state index is 12.3. The van der Waals surface area contributed by atoms with Crippen LogP contribution in [0, 0.1) is 0 Å². The van der Waals surface area contributed by atoms with Crippen molar-refractivity contribution in [2.24, 2.45) is 0 Å². The first-order valence-electron chi connectivity index (χ1n) is 7.85. The van der Waals surface area contributed by atoms with E-state index < -0.39 is 0 Å². The van der Waals surface area contributed by atoms with Crippen molar-refractivity contribution in [1.29, 1.82) is 0 Å². The lowest BCUT2D eigenvalue weighted by Gasteiger charge is -2.08. The maximum Gasteiger partial charge on any atom is 0.350 e. The lowest BCUT2D eigenvalue weighted by molar-refractivity contribution is 0.252. The fourth-order valence-corrected chi connectivity index (χ4v) is 2.41. The lowest BCUT2D eigenvalue weighted by atomic mass is 10.2. The zero-order valence-corrected chi connectivity index (χ0v) is 13.4. The van der Waals surface area contributed by atoms with Crippen LogP contribution < -0.4 is 16.3 Å². The number of fused-ring (bicyclic) bond motifs is 1. The van der Waals surface area contributed by atoms with Crippen LogP contribution in [0.5, 0.6) is 0 Å². The topological polar surface area (TPSA) is 80.4 Å². The maximum absolute atomic E-state index is 12.3. The van der Waals surface area contributed by atoms with Crippen LogP contribution in [-0.4, -0.2) is 26.8 Å². The zero-order valence-electron chi connectivity index (χ0n) is 13.4. The van der Waals surface area contributed by atoms with E-state index in [4.69, 9.17) is 0 Å². The molecule has 0 saturated carbocycles. The standard InChI is InChI=1S/C17H19N5O2/c1-2-9-18-16(23)19-14-7-5-6-13(11-14)12-22-17(24)21-10-4-3-8-15(21)20-22/h3-8,10-11H,2,9,12H2,1H3,(H2,18,19,23). The quantitative estimate of drug-likeness (QED) is 0.753. The molecule has 0 aliphatic carbocycles. The first kappa shape index (κ1) is 15.8. The molecule has 1 aromatic carbocycles. The van der Waals surface area contributed by atoms with E-state index in [2.05, 4.69) is 15.7 Å². The minimum absolute atomic E-state index is 0.190. The smallest absolute Gasteiger partial charge is 0.338 e. The third kappa shape index (κ3) is 3.45. The number of benzene rings is 1. The Kier molecular flexibility index (Phi) is 4.60. The summed E-state index contributed by atoms with van der Waals surface area (Å²) >= 11 is 0. The van der Waals surface area contributed by atoms with Crippen molar-refractivity contribution in [2.45, 2.75) is 19.9 Å². The molecule has 0 aliphatic heterocycles. The van der Waals surface area contributed by atoms with E-state index in [1.54, 1.807) is 18.3 Å². The second-order valence-electron chi connectivity index (χ2n) is 5.45. The number of nitrogens with one attached hydrogen (secondary N) is 2. The molecular weight excluding hydrogens is 306 g/mol. The fourth-order valence-electron chi connectivity index (χ4n) is 2.41. The van der Waals surface area contributed by atoms with E-state index in [0.29, 0.717) is 24.4 Å². The van der Waals surface area contributed by atoms with Gasteiger partial charge in [0.2, 0.25) is 0 Å². The van der Waals surface area contributed by atoms with Crippen LogP contribution in [0.2, 0.25) is 0 Å². The average Bonchev–Trinajstić information content (AvgIpc) is 2.90. The number of anilines is 1. The van der Waals surface area contributed by atoms with E-state index in [-0.39, 0.29) is 11.7 Å². The Morgan fingerprint density at radius 1 is 1.21 bits per heavy atom. The van der Waals surface area contributed by atoms with E-state index >= 15 is 0 Å². The lowest BCUT2D eigenvalue weighted by Crippen LogP contribution is -2.29. The van der Waals surface area contributed by atoms with Gasteiger partial charge in [-0.2, -0.15) is 0 Å². The van der Waals surface area contributed by atoms with Crippen LogP contribution in [0.1, 0.15) is 18.9 Å². The molecule has 0 radical (unpaired) electrons. The number of hydrogen-bond donors (Lipinski definition) is 2. The molecule has 3 aromatic rings. The number of rotatable bonds is 5. The molecule has 124 valence electrons.